The van der Waals surface area contributed by atoms with Crippen LogP contribution in [0.3, 0.4) is 0 Å². The Kier molecular flexibility index (Phi) is 6.42. The van der Waals surface area contributed by atoms with Gasteiger partial charge < -0.3 is 14.2 Å². The summed E-state index contributed by atoms with van der Waals surface area (Å²) in [7, 11) is 0. The van der Waals surface area contributed by atoms with Crippen molar-refractivity contribution in [3.63, 3.8) is 0 Å². The van der Waals surface area contributed by atoms with Crippen molar-refractivity contribution in [2.75, 3.05) is 19.8 Å². The number of hydrogen-bond donors (Lipinski definition) is 0. The van der Waals surface area contributed by atoms with Crippen LogP contribution in [-0.2, 0) is 0 Å². The Morgan fingerprint density at radius 1 is 0.500 bits per heavy atom. The van der Waals surface area contributed by atoms with E-state index in [4.69, 9.17) is 14.2 Å². The molecule has 0 fully saturated rings. The molecule has 0 spiro atoms. The van der Waals surface area contributed by atoms with Gasteiger partial charge in [-0.25, -0.2) is 0 Å². The Morgan fingerprint density at radius 2 is 0.708 bits per heavy atom. The molecular weight excluding hydrogens is 306 g/mol. The molecule has 0 aliphatic carbocycles. The van der Waals surface area contributed by atoms with Gasteiger partial charge >= 0.3 is 18.0 Å². The molecule has 0 saturated heterocycles. The molecule has 0 bridgehead atoms. The van der Waals surface area contributed by atoms with E-state index in [0.717, 1.165) is 0 Å². The smallest absolute Gasteiger partial charge is 0.325 e. The topological polar surface area (TPSA) is 66.4 Å². The van der Waals surface area contributed by atoms with Gasteiger partial charge in [-0.15, -0.1) is 15.0 Å². The maximum absolute atomic E-state index is 5.69. The van der Waals surface area contributed by atoms with Crippen molar-refractivity contribution >= 4 is 0 Å². The minimum Gasteiger partial charge on any atom is -0.463 e. The highest BCUT2D eigenvalue weighted by atomic mass is 16.5. The largest absolute Gasteiger partial charge is 0.463 e. The Balaban J connectivity index is 2.91. The second-order valence-electron chi connectivity index (χ2n) is 9.73. The number of ether oxygens (including phenoxy) is 3. The summed E-state index contributed by atoms with van der Waals surface area (Å²) in [5.74, 6) is 0. The van der Waals surface area contributed by atoms with Gasteiger partial charge in [0.15, 0.2) is 0 Å². The fourth-order valence-corrected chi connectivity index (χ4v) is 1.36. The highest BCUT2D eigenvalue weighted by molar-refractivity contribution is 5.09. The quantitative estimate of drug-likeness (QED) is 0.776. The molecule has 1 aromatic heterocycles. The maximum Gasteiger partial charge on any atom is 0.325 e. The minimum absolute atomic E-state index is 0.00545. The van der Waals surface area contributed by atoms with Crippen LogP contribution in [0.5, 0.6) is 18.0 Å². The maximum atomic E-state index is 5.69. The summed E-state index contributed by atoms with van der Waals surface area (Å²) < 4.78 is 17.1. The van der Waals surface area contributed by atoms with Crippen molar-refractivity contribution < 1.29 is 14.2 Å². The predicted molar refractivity (Wildman–Crippen MR) is 94.7 cm³/mol. The van der Waals surface area contributed by atoms with E-state index >= 15 is 0 Å². The van der Waals surface area contributed by atoms with E-state index in [1.54, 1.807) is 0 Å². The average Bonchev–Trinajstić information content (AvgIpc) is 2.38. The molecule has 1 aromatic rings. The van der Waals surface area contributed by atoms with Crippen LogP contribution in [-0.4, -0.2) is 34.8 Å². The molecule has 0 aliphatic heterocycles. The van der Waals surface area contributed by atoms with Gasteiger partial charge in [0.25, 0.3) is 0 Å². The monoisotopic (exact) mass is 339 g/mol. The van der Waals surface area contributed by atoms with Gasteiger partial charge in [0.05, 0.1) is 19.8 Å². The van der Waals surface area contributed by atoms with Crippen molar-refractivity contribution in [1.82, 2.24) is 15.0 Å². The lowest BCUT2D eigenvalue weighted by Crippen LogP contribution is -2.21. The molecule has 24 heavy (non-hydrogen) atoms. The first-order valence-electron chi connectivity index (χ1n) is 8.38. The SMILES string of the molecule is CC(C)(C)COc1nc(OCC(C)(C)C)nc(OCC(C)(C)C)n1. The summed E-state index contributed by atoms with van der Waals surface area (Å²) >= 11 is 0. The van der Waals surface area contributed by atoms with Crippen LogP contribution in [0.25, 0.3) is 0 Å². The van der Waals surface area contributed by atoms with E-state index in [1.807, 2.05) is 0 Å². The zero-order valence-electron chi connectivity index (χ0n) is 16.7. The standard InChI is InChI=1S/C18H33N3O3/c1-16(2,3)10-22-13-19-14(23-11-17(4,5)6)21-15(20-13)24-12-18(7,8)9/h10-12H2,1-9H3. The average molecular weight is 339 g/mol. The van der Waals surface area contributed by atoms with Crippen molar-refractivity contribution in [3.05, 3.63) is 0 Å². The number of nitrogens with zero attached hydrogens (tertiary/aromatic N) is 3. The van der Waals surface area contributed by atoms with E-state index in [-0.39, 0.29) is 34.3 Å². The number of aromatic nitrogens is 3. The highest BCUT2D eigenvalue weighted by Gasteiger charge is 2.19. The van der Waals surface area contributed by atoms with Gasteiger partial charge in [-0.2, -0.15) is 0 Å². The third-order valence-corrected chi connectivity index (χ3v) is 2.48. The minimum atomic E-state index is 0.00545. The van der Waals surface area contributed by atoms with Crippen LogP contribution in [0.4, 0.5) is 0 Å². The summed E-state index contributed by atoms with van der Waals surface area (Å²) in [5.41, 5.74) is 0.0163. The van der Waals surface area contributed by atoms with Gasteiger partial charge in [-0.1, -0.05) is 62.3 Å². The molecule has 0 N–H and O–H groups in total. The predicted octanol–water partition coefficient (Wildman–Crippen LogP) is 4.15. The summed E-state index contributed by atoms with van der Waals surface area (Å²) in [4.78, 5) is 12.7. The first-order chi connectivity index (χ1) is 10.7. The van der Waals surface area contributed by atoms with E-state index in [9.17, 15) is 0 Å². The van der Waals surface area contributed by atoms with Crippen LogP contribution in [0.1, 0.15) is 62.3 Å². The summed E-state index contributed by atoms with van der Waals surface area (Å²) in [6.45, 7) is 20.3. The van der Waals surface area contributed by atoms with Crippen molar-refractivity contribution in [2.24, 2.45) is 16.2 Å². The molecule has 0 atom stereocenters. The first-order valence-corrected chi connectivity index (χ1v) is 8.38. The lowest BCUT2D eigenvalue weighted by molar-refractivity contribution is 0.149. The van der Waals surface area contributed by atoms with E-state index < -0.39 is 0 Å². The molecule has 138 valence electrons. The third kappa shape index (κ3) is 9.53. The Morgan fingerprint density at radius 3 is 0.875 bits per heavy atom. The van der Waals surface area contributed by atoms with Crippen LogP contribution in [0, 0.1) is 16.2 Å². The van der Waals surface area contributed by atoms with Gasteiger partial charge in [0.2, 0.25) is 0 Å². The Labute approximate surface area is 146 Å². The van der Waals surface area contributed by atoms with E-state index in [1.165, 1.54) is 0 Å². The second-order valence-corrected chi connectivity index (χ2v) is 9.73. The molecule has 0 aliphatic rings. The number of rotatable bonds is 6. The van der Waals surface area contributed by atoms with E-state index in [2.05, 4.69) is 77.3 Å². The van der Waals surface area contributed by atoms with Crippen LogP contribution < -0.4 is 14.2 Å². The molecule has 0 amide bonds. The van der Waals surface area contributed by atoms with E-state index in [0.29, 0.717) is 19.8 Å². The van der Waals surface area contributed by atoms with Gasteiger partial charge in [-0.3, -0.25) is 0 Å². The van der Waals surface area contributed by atoms with Crippen LogP contribution in [0.2, 0.25) is 0 Å². The zero-order chi connectivity index (χ0) is 18.6. The lowest BCUT2D eigenvalue weighted by Gasteiger charge is -2.21. The summed E-state index contributed by atoms with van der Waals surface area (Å²) in [6.07, 6.45) is 0. The molecular formula is C18H33N3O3. The first kappa shape index (κ1) is 20.5. The molecule has 0 aromatic carbocycles. The highest BCUT2D eigenvalue weighted by Crippen LogP contribution is 2.22. The van der Waals surface area contributed by atoms with Crippen LogP contribution in [0.15, 0.2) is 0 Å². The lowest BCUT2D eigenvalue weighted by atomic mass is 9.99. The normalized spacial score (nSPS) is 12.9. The summed E-state index contributed by atoms with van der Waals surface area (Å²) in [5, 5.41) is 0. The second kappa shape index (κ2) is 7.53. The summed E-state index contributed by atoms with van der Waals surface area (Å²) in [6, 6.07) is 0.688. The van der Waals surface area contributed by atoms with Crippen molar-refractivity contribution in [1.29, 1.82) is 0 Å². The molecule has 0 radical (unpaired) electrons. The molecule has 1 heterocycles. The van der Waals surface area contributed by atoms with Crippen LogP contribution >= 0.6 is 0 Å². The molecule has 6 nitrogen and oxygen atoms in total. The third-order valence-electron chi connectivity index (χ3n) is 2.48. The fourth-order valence-electron chi connectivity index (χ4n) is 1.36. The van der Waals surface area contributed by atoms with Gasteiger partial charge in [0, 0.05) is 0 Å². The zero-order valence-corrected chi connectivity index (χ0v) is 16.7. The van der Waals surface area contributed by atoms with Crippen molar-refractivity contribution in [2.45, 2.75) is 62.3 Å². The molecule has 6 heteroatoms. The fraction of sp³-hybridized carbons (Fsp3) is 0.833. The molecule has 0 saturated carbocycles. The Bertz CT molecular complexity index is 437. The number of hydrogen-bond acceptors (Lipinski definition) is 6. The van der Waals surface area contributed by atoms with Gasteiger partial charge in [0.1, 0.15) is 0 Å². The van der Waals surface area contributed by atoms with Gasteiger partial charge in [-0.05, 0) is 16.2 Å². The molecule has 1 rings (SSSR count). The van der Waals surface area contributed by atoms with Crippen molar-refractivity contribution in [3.8, 4) is 18.0 Å². The molecule has 0 unspecified atom stereocenters. The Hall–Kier alpha value is -1.59.